The first kappa shape index (κ1) is 90.8. The van der Waals surface area contributed by atoms with Crippen LogP contribution in [0.25, 0.3) is 0 Å². The van der Waals surface area contributed by atoms with E-state index in [1.807, 2.05) is 96.9 Å². The molecule has 0 radical (unpaired) electrons. The summed E-state index contributed by atoms with van der Waals surface area (Å²) in [5.41, 5.74) is 0. The minimum Gasteiger partial charge on any atom is -0.381 e. The first-order valence-electron chi connectivity index (χ1n) is 33.9. The summed E-state index contributed by atoms with van der Waals surface area (Å²) in [6.07, 6.45) is 12.4. The van der Waals surface area contributed by atoms with Crippen LogP contribution in [-0.2, 0) is 9.47 Å². The summed E-state index contributed by atoms with van der Waals surface area (Å²) in [6, 6.07) is 2.94. The van der Waals surface area contributed by atoms with Crippen molar-refractivity contribution in [2.75, 3.05) is 130 Å². The summed E-state index contributed by atoms with van der Waals surface area (Å²) in [5, 5.41) is 10.1. The van der Waals surface area contributed by atoms with E-state index in [0.717, 1.165) is 106 Å². The summed E-state index contributed by atoms with van der Waals surface area (Å²) in [4.78, 5) is 10.0. The smallest absolute Gasteiger partial charge is 0.0594 e. The van der Waals surface area contributed by atoms with E-state index in [-0.39, 0.29) is 0 Å². The molecule has 7 aliphatic heterocycles. The Labute approximate surface area is 495 Å². The van der Waals surface area contributed by atoms with Gasteiger partial charge >= 0.3 is 0 Å². The van der Waals surface area contributed by atoms with Gasteiger partial charge in [-0.1, -0.05) is 145 Å². The summed E-state index contributed by atoms with van der Waals surface area (Å²) < 4.78 is 10.5. The number of hydrogen-bond donors (Lipinski definition) is 3. The molecule has 0 saturated carbocycles. The molecule has 1 unspecified atom stereocenters. The third-order valence-electron chi connectivity index (χ3n) is 14.4. The third-order valence-corrected chi connectivity index (χ3v) is 15.3. The topological polar surface area (TPSA) is 67.5 Å². The second kappa shape index (κ2) is 72.1. The zero-order valence-electron chi connectivity index (χ0n) is 58.8. The fourth-order valence-electron chi connectivity index (χ4n) is 9.16. The van der Waals surface area contributed by atoms with Gasteiger partial charge in [0.1, 0.15) is 0 Å². The van der Waals surface area contributed by atoms with E-state index in [9.17, 15) is 0 Å². The lowest BCUT2D eigenvalue weighted by Gasteiger charge is -2.30. The summed E-state index contributed by atoms with van der Waals surface area (Å²) in [5.74, 6) is 8.15. The van der Waals surface area contributed by atoms with Gasteiger partial charge in [-0.2, -0.15) is 11.8 Å². The molecule has 7 rings (SSSR count). The highest BCUT2D eigenvalue weighted by atomic mass is 32.2. The minimum atomic E-state index is 0.689. The number of ether oxygens (including phenoxy) is 2. The molecule has 0 bridgehead atoms. The van der Waals surface area contributed by atoms with Crippen molar-refractivity contribution in [3.63, 3.8) is 0 Å². The molecule has 9 nitrogen and oxygen atoms in total. The summed E-state index contributed by atoms with van der Waals surface area (Å²) in [6.45, 7) is 81.0. The van der Waals surface area contributed by atoms with Crippen molar-refractivity contribution in [2.24, 2.45) is 35.5 Å². The van der Waals surface area contributed by atoms with Gasteiger partial charge < -0.3 is 30.3 Å². The highest BCUT2D eigenvalue weighted by molar-refractivity contribution is 7.99. The van der Waals surface area contributed by atoms with Crippen LogP contribution in [0.4, 0.5) is 0 Å². The molecule has 10 heteroatoms. The standard InChI is InChI=1S/3C8H17N.C8H16O.C7H16N2.C7H15NO.C7H15NS.7C2H6/c1-7(2)8-3-5-9-6-4-8;1-7(2)8-4-3-5-9-6-8;1-8(2)9-6-4-3-5-7-9;1-7(2)8-3-5-9-6-4-8;1-7(2)9-5-3-8-4-6-9;2*1-7(2)8-3-5-9-6-4-8;7*1-2/h2*7-9H,3-6H2,1-2H3;8H,3-7H2,1-2H3;2*7-8H,3-6H2,1-2H3;2*7H,3-6H2,1-2H3;7*1-2H3. The van der Waals surface area contributed by atoms with E-state index in [4.69, 9.17) is 9.47 Å². The van der Waals surface area contributed by atoms with Gasteiger partial charge in [0.2, 0.25) is 0 Å². The first-order chi connectivity index (χ1) is 37.1. The second-order valence-electron chi connectivity index (χ2n) is 21.4. The number of nitrogens with zero attached hydrogens (tertiary/aromatic N) is 4. The number of thioether (sulfide) groups is 1. The van der Waals surface area contributed by atoms with Crippen LogP contribution in [0.1, 0.15) is 252 Å². The highest BCUT2D eigenvalue weighted by Crippen LogP contribution is 2.23. The Morgan fingerprint density at radius 2 is 0.649 bits per heavy atom. The Morgan fingerprint density at radius 1 is 0.312 bits per heavy atom. The van der Waals surface area contributed by atoms with Crippen molar-refractivity contribution in [3.8, 4) is 0 Å². The Balaban J connectivity index is -0.000000143. The normalized spacial score (nSPS) is 20.1. The Morgan fingerprint density at radius 3 is 0.922 bits per heavy atom. The number of rotatable bonds is 7. The van der Waals surface area contributed by atoms with Crippen molar-refractivity contribution < 1.29 is 9.47 Å². The van der Waals surface area contributed by atoms with Gasteiger partial charge in [0.15, 0.2) is 0 Å². The minimum absolute atomic E-state index is 0.689. The van der Waals surface area contributed by atoms with E-state index in [1.165, 1.54) is 135 Å². The maximum atomic E-state index is 5.25. The SMILES string of the molecule is CC.CC.CC.CC.CC.CC.CC.CC(C)C1CCCNC1.CC(C)C1CCNCC1.CC(C)C1CCOCC1.CC(C)N1CCCCC1.CC(C)N1CCNCC1.CC(C)N1CCOCC1.CC(C)N1CCSCC1. The molecule has 7 aliphatic rings. The summed E-state index contributed by atoms with van der Waals surface area (Å²) in [7, 11) is 0. The molecule has 77 heavy (non-hydrogen) atoms. The maximum absolute atomic E-state index is 5.25. The van der Waals surface area contributed by atoms with Crippen molar-refractivity contribution in [1.29, 1.82) is 0 Å². The van der Waals surface area contributed by atoms with Crippen LogP contribution >= 0.6 is 11.8 Å². The quantitative estimate of drug-likeness (QED) is 0.230. The molecule has 0 aromatic heterocycles. The third kappa shape index (κ3) is 59.0. The molecule has 0 spiro atoms. The van der Waals surface area contributed by atoms with Crippen LogP contribution < -0.4 is 16.0 Å². The molecule has 7 heterocycles. The number of piperazine rings is 1. The largest absolute Gasteiger partial charge is 0.381 e. The monoisotopic (exact) mass is 1120 g/mol. The molecule has 0 aromatic rings. The molecule has 0 amide bonds. The van der Waals surface area contributed by atoms with Crippen LogP contribution in [0.3, 0.4) is 0 Å². The van der Waals surface area contributed by atoms with Crippen LogP contribution in [0.5, 0.6) is 0 Å². The van der Waals surface area contributed by atoms with E-state index in [1.54, 1.807) is 0 Å². The second-order valence-corrected chi connectivity index (χ2v) is 22.7. The summed E-state index contributed by atoms with van der Waals surface area (Å²) >= 11 is 2.07. The fraction of sp³-hybridized carbons (Fsp3) is 1.00. The number of piperidine rings is 3. The van der Waals surface area contributed by atoms with Crippen LogP contribution in [0.2, 0.25) is 0 Å². The lowest BCUT2D eigenvalue weighted by Crippen LogP contribution is -2.46. The average molecular weight is 1120 g/mol. The molecule has 7 saturated heterocycles. The van der Waals surface area contributed by atoms with Gasteiger partial charge in [-0.3, -0.25) is 14.7 Å². The van der Waals surface area contributed by atoms with Crippen LogP contribution in [0.15, 0.2) is 0 Å². The molecule has 0 aliphatic carbocycles. The van der Waals surface area contributed by atoms with Crippen molar-refractivity contribution in [1.82, 2.24) is 35.6 Å². The van der Waals surface area contributed by atoms with Crippen molar-refractivity contribution in [2.45, 2.75) is 276 Å². The van der Waals surface area contributed by atoms with Gasteiger partial charge in [0.25, 0.3) is 0 Å². The Kier molecular flexibility index (Phi) is 85.0. The van der Waals surface area contributed by atoms with Crippen LogP contribution in [0, 0.1) is 35.5 Å². The van der Waals surface area contributed by atoms with E-state index < -0.39 is 0 Å². The van der Waals surface area contributed by atoms with Crippen LogP contribution in [-0.4, -0.2) is 173 Å². The molecule has 3 N–H and O–H groups in total. The van der Waals surface area contributed by atoms with Gasteiger partial charge in [0.05, 0.1) is 13.2 Å². The molecule has 0 aromatic carbocycles. The molecular formula is C67H155N7O2S. The van der Waals surface area contributed by atoms with Crippen molar-refractivity contribution in [3.05, 3.63) is 0 Å². The van der Waals surface area contributed by atoms with Crippen molar-refractivity contribution >= 4 is 11.8 Å². The predicted molar refractivity (Wildman–Crippen MR) is 360 cm³/mol. The zero-order chi connectivity index (χ0) is 60.8. The fourth-order valence-corrected chi connectivity index (χ4v) is 10.1. The van der Waals surface area contributed by atoms with Gasteiger partial charge in [-0.25, -0.2) is 0 Å². The van der Waals surface area contributed by atoms with E-state index >= 15 is 0 Å². The highest BCUT2D eigenvalue weighted by Gasteiger charge is 2.18. The Bertz CT molecular complexity index is 747. The predicted octanol–water partition coefficient (Wildman–Crippen LogP) is 16.9. The zero-order valence-corrected chi connectivity index (χ0v) is 59.6. The molecule has 7 fully saturated rings. The average Bonchev–Trinajstić information content (AvgIpc) is 3.51. The first-order valence-corrected chi connectivity index (χ1v) is 35.1. The molecular weight excluding hydrogens is 967 g/mol. The number of likely N-dealkylation sites (tertiary alicyclic amines) is 1. The lowest BCUT2D eigenvalue weighted by molar-refractivity contribution is 0.0238. The maximum Gasteiger partial charge on any atom is 0.0594 e. The van der Waals surface area contributed by atoms with Gasteiger partial charge in [-0.15, -0.1) is 0 Å². The number of morpholine rings is 1. The number of hydrogen-bond acceptors (Lipinski definition) is 10. The molecule has 476 valence electrons. The number of nitrogens with one attached hydrogen (secondary N) is 3. The Hall–Kier alpha value is -0.0100. The van der Waals surface area contributed by atoms with Gasteiger partial charge in [-0.05, 0) is 182 Å². The van der Waals surface area contributed by atoms with E-state index in [0.29, 0.717) is 6.04 Å². The lowest BCUT2D eigenvalue weighted by atomic mass is 9.87. The molecule has 1 atom stereocenters. The van der Waals surface area contributed by atoms with E-state index in [2.05, 4.69) is 144 Å². The van der Waals surface area contributed by atoms with Gasteiger partial charge in [0, 0.05) is 101 Å².